The maximum atomic E-state index is 12.0. The summed E-state index contributed by atoms with van der Waals surface area (Å²) in [5.74, 6) is -0.571. The van der Waals surface area contributed by atoms with Gasteiger partial charge in [-0.25, -0.2) is 5.43 Å². The van der Waals surface area contributed by atoms with E-state index in [4.69, 9.17) is 9.47 Å². The number of hydrogen-bond donors (Lipinski definition) is 2. The Kier molecular flexibility index (Phi) is 4.93. The summed E-state index contributed by atoms with van der Waals surface area (Å²) in [5.41, 5.74) is 3.72. The first-order valence-corrected chi connectivity index (χ1v) is 8.94. The molecular formula is C18H13N5O4S. The number of benzene rings is 2. The van der Waals surface area contributed by atoms with Crippen LogP contribution >= 0.6 is 11.3 Å². The predicted molar refractivity (Wildman–Crippen MR) is 102 cm³/mol. The Morgan fingerprint density at radius 2 is 1.86 bits per heavy atom. The third-order valence-electron chi connectivity index (χ3n) is 3.65. The van der Waals surface area contributed by atoms with E-state index < -0.39 is 11.8 Å². The van der Waals surface area contributed by atoms with Crippen LogP contribution < -0.4 is 20.2 Å². The minimum absolute atomic E-state index is 0.171. The van der Waals surface area contributed by atoms with E-state index in [2.05, 4.69) is 26.0 Å². The first-order valence-electron chi connectivity index (χ1n) is 8.12. The maximum Gasteiger partial charge on any atom is 0.329 e. The molecule has 0 unspecified atom stereocenters. The largest absolute Gasteiger partial charge is 0.454 e. The second-order valence-electron chi connectivity index (χ2n) is 5.54. The van der Waals surface area contributed by atoms with Crippen molar-refractivity contribution in [2.75, 3.05) is 12.1 Å². The smallest absolute Gasteiger partial charge is 0.329 e. The molecule has 1 aliphatic rings. The zero-order chi connectivity index (χ0) is 19.3. The molecule has 0 saturated heterocycles. The number of hydrazone groups is 1. The molecule has 1 aromatic heterocycles. The summed E-state index contributed by atoms with van der Waals surface area (Å²) in [6, 6.07) is 14.6. The van der Waals surface area contributed by atoms with Crippen molar-refractivity contribution in [1.82, 2.24) is 15.6 Å². The highest BCUT2D eigenvalue weighted by Gasteiger charge is 2.16. The first kappa shape index (κ1) is 17.6. The summed E-state index contributed by atoms with van der Waals surface area (Å²) in [6.07, 6.45) is 1.39. The molecule has 2 amide bonds. The highest BCUT2D eigenvalue weighted by atomic mass is 32.1. The average molecular weight is 395 g/mol. The first-order chi connectivity index (χ1) is 13.7. The van der Waals surface area contributed by atoms with Gasteiger partial charge in [-0.15, -0.1) is 10.2 Å². The summed E-state index contributed by atoms with van der Waals surface area (Å²) in [4.78, 5) is 23.8. The number of amides is 2. The molecule has 0 radical (unpaired) electrons. The van der Waals surface area contributed by atoms with E-state index in [1.54, 1.807) is 18.2 Å². The van der Waals surface area contributed by atoms with Crippen molar-refractivity contribution < 1.29 is 19.1 Å². The van der Waals surface area contributed by atoms with Gasteiger partial charge in [0.05, 0.1) is 6.21 Å². The van der Waals surface area contributed by atoms with Crippen molar-refractivity contribution in [1.29, 1.82) is 0 Å². The number of nitrogens with zero attached hydrogens (tertiary/aromatic N) is 3. The quantitative estimate of drug-likeness (QED) is 0.397. The Hall–Kier alpha value is -3.79. The van der Waals surface area contributed by atoms with Crippen molar-refractivity contribution in [2.45, 2.75) is 0 Å². The second-order valence-corrected chi connectivity index (χ2v) is 6.52. The highest BCUT2D eigenvalue weighted by molar-refractivity contribution is 7.18. The number of carbonyl (C=O) groups excluding carboxylic acids is 2. The molecule has 0 atom stereocenters. The van der Waals surface area contributed by atoms with Gasteiger partial charge in [-0.3, -0.25) is 14.9 Å². The summed E-state index contributed by atoms with van der Waals surface area (Å²) in [6.45, 7) is 0.171. The molecule has 0 bridgehead atoms. The predicted octanol–water partition coefficient (Wildman–Crippen LogP) is 2.02. The van der Waals surface area contributed by atoms with Gasteiger partial charge >= 0.3 is 11.8 Å². The Morgan fingerprint density at radius 1 is 1.04 bits per heavy atom. The van der Waals surface area contributed by atoms with Gasteiger partial charge in [0.1, 0.15) is 5.01 Å². The number of hydrogen-bond acceptors (Lipinski definition) is 8. The zero-order valence-electron chi connectivity index (χ0n) is 14.3. The monoisotopic (exact) mass is 395 g/mol. The van der Waals surface area contributed by atoms with Crippen molar-refractivity contribution >= 4 is 34.5 Å². The Morgan fingerprint density at radius 3 is 2.71 bits per heavy atom. The summed E-state index contributed by atoms with van der Waals surface area (Å²) < 4.78 is 10.5. The van der Waals surface area contributed by atoms with Crippen LogP contribution in [0, 0.1) is 0 Å². The van der Waals surface area contributed by atoms with E-state index in [1.807, 2.05) is 30.3 Å². The van der Waals surface area contributed by atoms with Crippen LogP contribution in [0.2, 0.25) is 0 Å². The Labute approximate surface area is 163 Å². The molecule has 10 heteroatoms. The molecule has 3 aromatic rings. The van der Waals surface area contributed by atoms with Crippen molar-refractivity contribution in [2.24, 2.45) is 5.10 Å². The molecule has 28 heavy (non-hydrogen) atoms. The van der Waals surface area contributed by atoms with Crippen LogP contribution in [0.1, 0.15) is 5.56 Å². The van der Waals surface area contributed by atoms with Gasteiger partial charge in [-0.1, -0.05) is 41.7 Å². The van der Waals surface area contributed by atoms with E-state index >= 15 is 0 Å². The highest BCUT2D eigenvalue weighted by Crippen LogP contribution is 2.32. The molecule has 4 rings (SSSR count). The minimum Gasteiger partial charge on any atom is -0.454 e. The van der Waals surface area contributed by atoms with Crippen LogP contribution in [0.15, 0.2) is 53.6 Å². The molecule has 2 N–H and O–H groups in total. The van der Waals surface area contributed by atoms with Gasteiger partial charge in [0.2, 0.25) is 11.9 Å². The average Bonchev–Trinajstić information content (AvgIpc) is 3.37. The Bertz CT molecular complexity index is 1050. The maximum absolute atomic E-state index is 12.0. The number of nitrogens with one attached hydrogen (secondary N) is 2. The number of rotatable bonds is 4. The van der Waals surface area contributed by atoms with Crippen LogP contribution in [0.4, 0.5) is 5.13 Å². The van der Waals surface area contributed by atoms with Gasteiger partial charge in [0.15, 0.2) is 11.5 Å². The normalized spacial score (nSPS) is 12.1. The number of ether oxygens (including phenoxy) is 2. The molecule has 2 heterocycles. The fourth-order valence-corrected chi connectivity index (χ4v) is 3.08. The van der Waals surface area contributed by atoms with Crippen molar-refractivity contribution in [3.05, 3.63) is 54.1 Å². The standard InChI is InChI=1S/C18H13N5O4S/c24-15(20-18-23-22-17(28-18)12-4-2-1-3-5-12)16(25)21-19-9-11-6-7-13-14(8-11)27-10-26-13/h1-9H,10H2,(H,21,25)(H,20,23,24). The zero-order valence-corrected chi connectivity index (χ0v) is 15.1. The van der Waals surface area contributed by atoms with Crippen molar-refractivity contribution in [3.8, 4) is 22.1 Å². The van der Waals surface area contributed by atoms with E-state index in [9.17, 15) is 9.59 Å². The van der Waals surface area contributed by atoms with Gasteiger partial charge in [0.25, 0.3) is 0 Å². The molecule has 0 fully saturated rings. The lowest BCUT2D eigenvalue weighted by atomic mass is 10.2. The fraction of sp³-hybridized carbons (Fsp3) is 0.0556. The molecule has 0 aliphatic carbocycles. The molecule has 1 aliphatic heterocycles. The molecular weight excluding hydrogens is 382 g/mol. The second kappa shape index (κ2) is 7.84. The SMILES string of the molecule is O=C(NN=Cc1ccc2c(c1)OCO2)C(=O)Nc1nnc(-c2ccccc2)s1. The third kappa shape index (κ3) is 3.96. The summed E-state index contributed by atoms with van der Waals surface area (Å²) in [7, 11) is 0. The van der Waals surface area contributed by atoms with E-state index in [0.29, 0.717) is 22.1 Å². The Balaban J connectivity index is 1.33. The van der Waals surface area contributed by atoms with E-state index in [-0.39, 0.29) is 11.9 Å². The topological polar surface area (TPSA) is 115 Å². The van der Waals surface area contributed by atoms with Gasteiger partial charge in [-0.2, -0.15) is 5.10 Å². The lowest BCUT2D eigenvalue weighted by molar-refractivity contribution is -0.136. The molecule has 0 spiro atoms. The third-order valence-corrected chi connectivity index (χ3v) is 4.54. The summed E-state index contributed by atoms with van der Waals surface area (Å²) >= 11 is 1.17. The number of anilines is 1. The van der Waals surface area contributed by atoms with Gasteiger partial charge in [0, 0.05) is 5.56 Å². The van der Waals surface area contributed by atoms with Crippen LogP contribution in [0.5, 0.6) is 11.5 Å². The van der Waals surface area contributed by atoms with Crippen LogP contribution in [0.25, 0.3) is 10.6 Å². The van der Waals surface area contributed by atoms with Crippen LogP contribution in [-0.4, -0.2) is 35.0 Å². The lowest BCUT2D eigenvalue weighted by Gasteiger charge is -2.00. The number of fused-ring (bicyclic) bond motifs is 1. The van der Waals surface area contributed by atoms with E-state index in [0.717, 1.165) is 5.56 Å². The fourth-order valence-electron chi connectivity index (χ4n) is 2.33. The minimum atomic E-state index is -0.923. The summed E-state index contributed by atoms with van der Waals surface area (Å²) in [5, 5.41) is 14.9. The molecule has 9 nitrogen and oxygen atoms in total. The lowest BCUT2D eigenvalue weighted by Crippen LogP contribution is -2.32. The molecule has 0 saturated carbocycles. The van der Waals surface area contributed by atoms with Crippen molar-refractivity contribution in [3.63, 3.8) is 0 Å². The van der Waals surface area contributed by atoms with E-state index in [1.165, 1.54) is 17.6 Å². The number of carbonyl (C=O) groups is 2. The number of aromatic nitrogens is 2. The van der Waals surface area contributed by atoms with Gasteiger partial charge in [-0.05, 0) is 23.8 Å². The molecule has 2 aromatic carbocycles. The van der Waals surface area contributed by atoms with Crippen LogP contribution in [0.3, 0.4) is 0 Å². The molecule has 140 valence electrons. The van der Waals surface area contributed by atoms with Crippen LogP contribution in [-0.2, 0) is 9.59 Å². The van der Waals surface area contributed by atoms with Gasteiger partial charge < -0.3 is 9.47 Å².